The van der Waals surface area contributed by atoms with E-state index in [0.29, 0.717) is 0 Å². The van der Waals surface area contributed by atoms with Crippen molar-refractivity contribution in [2.75, 3.05) is 0 Å². The SMILES string of the molecule is [Ca+2].[Ca+2].[Fe+3].[Fe+3].[Ni+2].[Ni+2].[O-2].[O-2].[O-2].[O-2].[O-2].[O-2].[O-2]. The predicted molar refractivity (Wildman–Crippen MR) is 16.3 cm³/mol. The van der Waals surface area contributed by atoms with Crippen molar-refractivity contribution in [3.05, 3.63) is 0 Å². The Kier molecular flexibility index (Phi) is 4020. The molecule has 0 atom stereocenters. The Morgan fingerprint density at radius 3 is 0.308 bits per heavy atom. The zero-order valence-corrected chi connectivity index (χ0v) is 14.2. The van der Waals surface area contributed by atoms with Gasteiger partial charge in [-0.1, -0.05) is 0 Å². The maximum atomic E-state index is 0. The molecule has 0 fully saturated rings. The van der Waals surface area contributed by atoms with Crippen molar-refractivity contribution in [2.24, 2.45) is 0 Å². The molecular formula is Ca2Fe2Ni2O7. The summed E-state index contributed by atoms with van der Waals surface area (Å²) < 4.78 is 0. The molecule has 0 N–H and O–H groups in total. The first kappa shape index (κ1) is 251. The van der Waals surface area contributed by atoms with Crippen LogP contribution in [0, 0.1) is 0 Å². The smallest absolute Gasteiger partial charge is 2.00 e. The van der Waals surface area contributed by atoms with Gasteiger partial charge in [0, 0.05) is 0 Å². The molecule has 7 nitrogen and oxygen atoms in total. The first-order valence-corrected chi connectivity index (χ1v) is 0. The maximum absolute atomic E-state index is 0. The van der Waals surface area contributed by atoms with E-state index in [0.717, 1.165) is 0 Å². The molecule has 0 aliphatic rings. The van der Waals surface area contributed by atoms with Gasteiger partial charge in [-0.05, 0) is 0 Å². The zero-order valence-electron chi connectivity index (χ0n) is 5.61. The molecule has 0 aromatic rings. The Morgan fingerprint density at radius 2 is 0.308 bits per heavy atom. The van der Waals surface area contributed by atoms with Gasteiger partial charge in [-0.3, -0.25) is 0 Å². The van der Waals surface area contributed by atoms with Gasteiger partial charge >= 0.3 is 143 Å². The van der Waals surface area contributed by atoms with E-state index in [1.165, 1.54) is 0 Å². The summed E-state index contributed by atoms with van der Waals surface area (Å²) in [5, 5.41) is 0. The van der Waals surface area contributed by atoms with Gasteiger partial charge in [-0.2, -0.15) is 0 Å². The Bertz CT molecular complexity index is 22.5. The molecule has 13 heavy (non-hydrogen) atoms. The van der Waals surface area contributed by atoms with Crippen LogP contribution in [0.15, 0.2) is 0 Å². The van der Waals surface area contributed by atoms with Gasteiger partial charge < -0.3 is 38.3 Å². The maximum Gasteiger partial charge on any atom is 3.00 e. The fraction of sp³-hybridized carbons (Fsp3) is 0. The minimum atomic E-state index is 0. The Morgan fingerprint density at radius 1 is 0.308 bits per heavy atom. The van der Waals surface area contributed by atoms with Crippen LogP contribution in [0.5, 0.6) is 0 Å². The summed E-state index contributed by atoms with van der Waals surface area (Å²) in [6.45, 7) is 0. The first-order valence-electron chi connectivity index (χ1n) is 0. The van der Waals surface area contributed by atoms with Crippen LogP contribution in [0.3, 0.4) is 0 Å². The Balaban J connectivity index is 0. The van der Waals surface area contributed by atoms with Crippen molar-refractivity contribution < 1.29 is 105 Å². The molecule has 0 aliphatic heterocycles. The van der Waals surface area contributed by atoms with Crippen molar-refractivity contribution in [3.63, 3.8) is 0 Å². The third-order valence-corrected chi connectivity index (χ3v) is 0. The molecule has 0 aromatic heterocycles. The zero-order chi connectivity index (χ0) is 0. The summed E-state index contributed by atoms with van der Waals surface area (Å²) in [6.07, 6.45) is 0. The van der Waals surface area contributed by atoms with Crippen LogP contribution >= 0.6 is 0 Å². The average Bonchev–Trinajstić information content (AvgIpc) is 0. The van der Waals surface area contributed by atoms with E-state index in [1.54, 1.807) is 0 Å². The second kappa shape index (κ2) is 208. The standard InChI is InChI=1S/2Ca.2Fe.2Ni.7O/q2*+2;2*+3;2*+2;7*-2. The van der Waals surface area contributed by atoms with Gasteiger partial charge in [-0.15, -0.1) is 0 Å². The minimum absolute atomic E-state index is 0. The summed E-state index contributed by atoms with van der Waals surface area (Å²) >= 11 is 0. The largest absolute Gasteiger partial charge is 3.00 e. The molecule has 0 spiro atoms. The normalized spacial score (nSPS) is 0. The molecule has 0 saturated carbocycles. The van der Waals surface area contributed by atoms with Crippen LogP contribution in [0.2, 0.25) is 0 Å². The van der Waals surface area contributed by atoms with E-state index in [-0.39, 0.29) is 181 Å². The molecule has 0 amide bonds. The van der Waals surface area contributed by atoms with Gasteiger partial charge in [0.25, 0.3) is 0 Å². The van der Waals surface area contributed by atoms with E-state index in [2.05, 4.69) is 0 Å². The van der Waals surface area contributed by atoms with Gasteiger partial charge in [0.1, 0.15) is 0 Å². The third-order valence-electron chi connectivity index (χ3n) is 0. The Hall–Kier alpha value is 4.27. The minimum Gasteiger partial charge on any atom is -2.00 e. The van der Waals surface area contributed by atoms with Gasteiger partial charge in [0.15, 0.2) is 0 Å². The fourth-order valence-electron chi connectivity index (χ4n) is 0. The van der Waals surface area contributed by atoms with E-state index < -0.39 is 0 Å². The second-order valence-electron chi connectivity index (χ2n) is 0. The van der Waals surface area contributed by atoms with Gasteiger partial charge in [0.2, 0.25) is 0 Å². The van der Waals surface area contributed by atoms with E-state index in [4.69, 9.17) is 0 Å². The molecule has 13 heteroatoms. The molecule has 82 valence electrons. The number of hydrogen-bond donors (Lipinski definition) is 0. The monoisotopic (exact) mass is 420 g/mol. The van der Waals surface area contributed by atoms with Crippen molar-refractivity contribution >= 4 is 75.5 Å². The molecule has 2 radical (unpaired) electrons. The summed E-state index contributed by atoms with van der Waals surface area (Å²) in [7, 11) is 0. The van der Waals surface area contributed by atoms with Crippen molar-refractivity contribution in [3.8, 4) is 0 Å². The van der Waals surface area contributed by atoms with E-state index >= 15 is 0 Å². The van der Waals surface area contributed by atoms with Crippen molar-refractivity contribution in [1.82, 2.24) is 0 Å². The quantitative estimate of drug-likeness (QED) is 0.406. The van der Waals surface area contributed by atoms with Crippen molar-refractivity contribution in [1.29, 1.82) is 0 Å². The summed E-state index contributed by atoms with van der Waals surface area (Å²) in [5.74, 6) is 0. The molecule has 0 unspecified atom stereocenters. The molecular weight excluding hydrogens is 421 g/mol. The first-order chi connectivity index (χ1) is 0. The molecule has 0 heterocycles. The average molecular weight is 421 g/mol. The van der Waals surface area contributed by atoms with Crippen LogP contribution in [0.1, 0.15) is 0 Å². The molecule has 0 aliphatic carbocycles. The second-order valence-corrected chi connectivity index (χ2v) is 0. The van der Waals surface area contributed by atoms with Crippen LogP contribution in [0.25, 0.3) is 0 Å². The third kappa shape index (κ3) is 182. The predicted octanol–water partition coefficient (Wildman–Crippen LogP) is -1.60. The van der Waals surface area contributed by atoms with Gasteiger partial charge in [0.05, 0.1) is 0 Å². The van der Waals surface area contributed by atoms with Crippen LogP contribution < -0.4 is 0 Å². The molecule has 0 saturated heterocycles. The Labute approximate surface area is 177 Å². The summed E-state index contributed by atoms with van der Waals surface area (Å²) in [6, 6.07) is 0. The summed E-state index contributed by atoms with van der Waals surface area (Å²) in [4.78, 5) is 0. The molecule has 0 rings (SSSR count). The number of hydrogen-bond acceptors (Lipinski definition) is 0. The topological polar surface area (TPSA) is 200 Å². The van der Waals surface area contributed by atoms with Crippen LogP contribution in [0.4, 0.5) is 0 Å². The molecule has 0 bridgehead atoms. The fourth-order valence-corrected chi connectivity index (χ4v) is 0. The van der Waals surface area contributed by atoms with Gasteiger partial charge in [-0.25, -0.2) is 0 Å². The number of rotatable bonds is 0. The van der Waals surface area contributed by atoms with E-state index in [1.807, 2.05) is 0 Å². The van der Waals surface area contributed by atoms with E-state index in [9.17, 15) is 0 Å². The summed E-state index contributed by atoms with van der Waals surface area (Å²) in [5.41, 5.74) is 0. The van der Waals surface area contributed by atoms with Crippen molar-refractivity contribution in [2.45, 2.75) is 0 Å². The van der Waals surface area contributed by atoms with Crippen LogP contribution in [-0.2, 0) is 105 Å². The molecule has 0 aromatic carbocycles. The van der Waals surface area contributed by atoms with Crippen LogP contribution in [-0.4, -0.2) is 75.5 Å².